The molecule has 1 saturated carbocycles. The van der Waals surface area contributed by atoms with Crippen molar-refractivity contribution in [2.24, 2.45) is 0 Å². The van der Waals surface area contributed by atoms with Gasteiger partial charge in [0.05, 0.1) is 0 Å². The molecule has 0 radical (unpaired) electrons. The van der Waals surface area contributed by atoms with E-state index in [1.54, 1.807) is 0 Å². The van der Waals surface area contributed by atoms with Crippen molar-refractivity contribution in [3.63, 3.8) is 0 Å². The molecule has 0 aromatic heterocycles. The molecule has 4 heteroatoms. The number of fused-ring (bicyclic) bond motifs is 1. The van der Waals surface area contributed by atoms with Crippen molar-refractivity contribution in [2.45, 2.75) is 50.4 Å². The second kappa shape index (κ2) is 5.50. The molecule has 1 N–H and O–H groups in total. The fraction of sp³-hybridized carbons (Fsp3) is 0.647. The Kier molecular flexibility index (Phi) is 3.51. The Hall–Kier alpha value is -1.26. The van der Waals surface area contributed by atoms with Gasteiger partial charge in [-0.3, -0.25) is 4.90 Å². The van der Waals surface area contributed by atoms with Gasteiger partial charge < -0.3 is 14.8 Å². The Morgan fingerprint density at radius 2 is 2.05 bits per heavy atom. The highest BCUT2D eigenvalue weighted by atomic mass is 16.6. The number of ether oxygens (including phenoxy) is 2. The number of nitrogens with one attached hydrogen (secondary N) is 1. The molecule has 1 aliphatic carbocycles. The van der Waals surface area contributed by atoms with E-state index in [4.69, 9.17) is 9.47 Å². The van der Waals surface area contributed by atoms with Crippen LogP contribution in [0.15, 0.2) is 24.3 Å². The van der Waals surface area contributed by atoms with Gasteiger partial charge in [-0.25, -0.2) is 0 Å². The van der Waals surface area contributed by atoms with E-state index in [1.165, 1.54) is 25.8 Å². The van der Waals surface area contributed by atoms with Crippen molar-refractivity contribution >= 4 is 0 Å². The van der Waals surface area contributed by atoms with E-state index in [9.17, 15) is 0 Å². The van der Waals surface area contributed by atoms with Crippen LogP contribution < -0.4 is 14.8 Å². The summed E-state index contributed by atoms with van der Waals surface area (Å²) in [6.45, 7) is 5.05. The predicted molar refractivity (Wildman–Crippen MR) is 82.0 cm³/mol. The van der Waals surface area contributed by atoms with Crippen LogP contribution in [0.3, 0.4) is 0 Å². The highest BCUT2D eigenvalue weighted by Gasteiger charge is 2.38. The number of hydrogen-bond acceptors (Lipinski definition) is 4. The SMILES string of the molecule is CC1CC(NCC2COc3ccccc3O2)CN1C1CC1. The molecule has 1 aromatic rings. The summed E-state index contributed by atoms with van der Waals surface area (Å²) in [6.07, 6.45) is 4.16. The Labute approximate surface area is 126 Å². The smallest absolute Gasteiger partial charge is 0.161 e. The number of benzene rings is 1. The quantitative estimate of drug-likeness (QED) is 0.919. The fourth-order valence-corrected chi connectivity index (χ4v) is 3.58. The van der Waals surface area contributed by atoms with Crippen LogP contribution in [0, 0.1) is 0 Å². The van der Waals surface area contributed by atoms with Gasteiger partial charge in [0.1, 0.15) is 12.7 Å². The molecule has 114 valence electrons. The molecule has 0 amide bonds. The summed E-state index contributed by atoms with van der Waals surface area (Å²) in [5.74, 6) is 1.73. The summed E-state index contributed by atoms with van der Waals surface area (Å²) in [6, 6.07) is 10.1. The number of nitrogens with zero attached hydrogens (tertiary/aromatic N) is 1. The van der Waals surface area contributed by atoms with Crippen molar-refractivity contribution in [3.05, 3.63) is 24.3 Å². The van der Waals surface area contributed by atoms with E-state index >= 15 is 0 Å². The third kappa shape index (κ3) is 2.87. The molecule has 2 heterocycles. The molecule has 0 spiro atoms. The van der Waals surface area contributed by atoms with Gasteiger partial charge in [-0.05, 0) is 38.3 Å². The van der Waals surface area contributed by atoms with Crippen LogP contribution in [-0.2, 0) is 0 Å². The van der Waals surface area contributed by atoms with Crippen LogP contribution in [0.1, 0.15) is 26.2 Å². The summed E-state index contributed by atoms with van der Waals surface area (Å²) < 4.78 is 11.8. The molecule has 21 heavy (non-hydrogen) atoms. The van der Waals surface area contributed by atoms with Gasteiger partial charge in [0.25, 0.3) is 0 Å². The largest absolute Gasteiger partial charge is 0.486 e. The lowest BCUT2D eigenvalue weighted by molar-refractivity contribution is 0.0883. The summed E-state index contributed by atoms with van der Waals surface area (Å²) in [5, 5.41) is 3.68. The molecule has 1 aromatic carbocycles. The minimum absolute atomic E-state index is 0.116. The minimum atomic E-state index is 0.116. The molecular formula is C17H24N2O2. The normalized spacial score (nSPS) is 32.3. The standard InChI is InChI=1S/C17H24N2O2/c1-12-8-13(10-19(12)14-6-7-14)18-9-15-11-20-16-4-2-3-5-17(16)21-15/h2-5,12-15,18H,6-11H2,1H3. The second-order valence-corrected chi connectivity index (χ2v) is 6.62. The fourth-order valence-electron chi connectivity index (χ4n) is 3.58. The first-order valence-corrected chi connectivity index (χ1v) is 8.17. The topological polar surface area (TPSA) is 33.7 Å². The van der Waals surface area contributed by atoms with Gasteiger partial charge in [-0.2, -0.15) is 0 Å². The van der Waals surface area contributed by atoms with E-state index in [-0.39, 0.29) is 6.10 Å². The van der Waals surface area contributed by atoms with Crippen LogP contribution >= 0.6 is 0 Å². The molecule has 4 nitrogen and oxygen atoms in total. The van der Waals surface area contributed by atoms with Crippen molar-refractivity contribution in [2.75, 3.05) is 19.7 Å². The molecule has 3 aliphatic rings. The Morgan fingerprint density at radius 3 is 2.86 bits per heavy atom. The molecule has 3 atom stereocenters. The van der Waals surface area contributed by atoms with E-state index in [0.717, 1.165) is 30.1 Å². The van der Waals surface area contributed by atoms with Gasteiger partial charge >= 0.3 is 0 Å². The average Bonchev–Trinajstić information content (AvgIpc) is 3.28. The average molecular weight is 288 g/mol. The Balaban J connectivity index is 1.28. The number of likely N-dealkylation sites (tertiary alicyclic amines) is 1. The van der Waals surface area contributed by atoms with Gasteiger partial charge in [0.15, 0.2) is 11.5 Å². The zero-order valence-corrected chi connectivity index (χ0v) is 12.6. The number of hydrogen-bond donors (Lipinski definition) is 1. The maximum atomic E-state index is 6.00. The number of rotatable bonds is 4. The van der Waals surface area contributed by atoms with E-state index in [2.05, 4.69) is 17.1 Å². The van der Waals surface area contributed by atoms with Crippen molar-refractivity contribution in [1.29, 1.82) is 0 Å². The van der Waals surface area contributed by atoms with Crippen LogP contribution in [0.2, 0.25) is 0 Å². The van der Waals surface area contributed by atoms with E-state index < -0.39 is 0 Å². The molecule has 4 rings (SSSR count). The van der Waals surface area contributed by atoms with Crippen LogP contribution in [0.5, 0.6) is 11.5 Å². The van der Waals surface area contributed by atoms with Gasteiger partial charge in [0.2, 0.25) is 0 Å². The maximum absolute atomic E-state index is 6.00. The lowest BCUT2D eigenvalue weighted by atomic mass is 10.2. The highest BCUT2D eigenvalue weighted by molar-refractivity contribution is 5.40. The zero-order chi connectivity index (χ0) is 14.2. The maximum Gasteiger partial charge on any atom is 0.161 e. The highest BCUT2D eigenvalue weighted by Crippen LogP contribution is 2.33. The third-order valence-corrected chi connectivity index (χ3v) is 4.84. The minimum Gasteiger partial charge on any atom is -0.486 e. The summed E-state index contributed by atoms with van der Waals surface area (Å²) in [7, 11) is 0. The molecule has 0 bridgehead atoms. The van der Waals surface area contributed by atoms with Gasteiger partial charge in [-0.15, -0.1) is 0 Å². The van der Waals surface area contributed by atoms with Crippen molar-refractivity contribution in [1.82, 2.24) is 10.2 Å². The summed E-state index contributed by atoms with van der Waals surface area (Å²) in [4.78, 5) is 2.67. The molecule has 1 saturated heterocycles. The first kappa shape index (κ1) is 13.4. The molecule has 2 fully saturated rings. The first-order chi connectivity index (χ1) is 10.3. The molecular weight excluding hydrogens is 264 g/mol. The summed E-state index contributed by atoms with van der Waals surface area (Å²) in [5.41, 5.74) is 0. The van der Waals surface area contributed by atoms with Gasteiger partial charge in [0, 0.05) is 31.2 Å². The van der Waals surface area contributed by atoms with Crippen LogP contribution in [0.25, 0.3) is 0 Å². The monoisotopic (exact) mass is 288 g/mol. The lowest BCUT2D eigenvalue weighted by Gasteiger charge is -2.27. The van der Waals surface area contributed by atoms with E-state index in [0.29, 0.717) is 12.6 Å². The molecule has 3 unspecified atom stereocenters. The predicted octanol–water partition coefficient (Wildman–Crippen LogP) is 2.04. The van der Waals surface area contributed by atoms with Crippen LogP contribution in [-0.4, -0.2) is 48.8 Å². The van der Waals surface area contributed by atoms with E-state index in [1.807, 2.05) is 24.3 Å². The van der Waals surface area contributed by atoms with Crippen LogP contribution in [0.4, 0.5) is 0 Å². The summed E-state index contributed by atoms with van der Waals surface area (Å²) >= 11 is 0. The lowest BCUT2D eigenvalue weighted by Crippen LogP contribution is -2.43. The van der Waals surface area contributed by atoms with Crippen molar-refractivity contribution < 1.29 is 9.47 Å². The Morgan fingerprint density at radius 1 is 1.24 bits per heavy atom. The number of para-hydroxylation sites is 2. The third-order valence-electron chi connectivity index (χ3n) is 4.84. The zero-order valence-electron chi connectivity index (χ0n) is 12.6. The molecule has 2 aliphatic heterocycles. The Bertz CT molecular complexity index is 503. The van der Waals surface area contributed by atoms with Crippen molar-refractivity contribution in [3.8, 4) is 11.5 Å². The van der Waals surface area contributed by atoms with Gasteiger partial charge in [-0.1, -0.05) is 12.1 Å². The first-order valence-electron chi connectivity index (χ1n) is 8.17. The second-order valence-electron chi connectivity index (χ2n) is 6.62.